The van der Waals surface area contributed by atoms with Crippen LogP contribution in [0, 0.1) is 0 Å². The third-order valence-corrected chi connectivity index (χ3v) is 15.4. The van der Waals surface area contributed by atoms with Crippen LogP contribution in [0.5, 0.6) is 0 Å². The summed E-state index contributed by atoms with van der Waals surface area (Å²) in [6, 6.07) is 0. The molecular formula is C13H36O6Si4. The molecule has 0 aromatic carbocycles. The maximum atomic E-state index is 9.43. The monoisotopic (exact) mass is 400 g/mol. The lowest BCUT2D eigenvalue weighted by atomic mass is 10.4. The Balaban J connectivity index is 4.98. The highest BCUT2D eigenvalue weighted by Crippen LogP contribution is 2.24. The first-order chi connectivity index (χ1) is 10.1. The van der Waals surface area contributed by atoms with E-state index in [1.165, 1.54) is 0 Å². The minimum Gasteiger partial charge on any atom is -0.437 e. The molecule has 6 nitrogen and oxygen atoms in total. The van der Waals surface area contributed by atoms with Crippen LogP contribution in [-0.2, 0) is 17.1 Å². The van der Waals surface area contributed by atoms with E-state index < -0.39 is 39.9 Å². The Labute approximate surface area is 145 Å². The molecular weight excluding hydrogens is 364 g/mol. The Hall–Kier alpha value is 0.628. The number of ether oxygens (including phenoxy) is 1. The molecule has 0 aromatic heterocycles. The molecule has 0 radical (unpaired) electrons. The zero-order chi connectivity index (χ0) is 18.5. The van der Waals surface area contributed by atoms with Gasteiger partial charge in [-0.05, 0) is 58.9 Å². The van der Waals surface area contributed by atoms with Crippen molar-refractivity contribution in [2.75, 3.05) is 19.4 Å². The minimum absolute atomic E-state index is 0.0777. The summed E-state index contributed by atoms with van der Waals surface area (Å²) in [6.07, 6.45) is -0.552. The van der Waals surface area contributed by atoms with Crippen LogP contribution in [0.25, 0.3) is 0 Å². The summed E-state index contributed by atoms with van der Waals surface area (Å²) in [5.41, 5.74) is 0. The van der Waals surface area contributed by atoms with Crippen molar-refractivity contribution in [2.45, 2.75) is 65.0 Å². The molecule has 0 fully saturated rings. The van der Waals surface area contributed by atoms with Crippen molar-refractivity contribution < 1.29 is 27.3 Å². The van der Waals surface area contributed by atoms with Crippen molar-refractivity contribution in [3.63, 3.8) is 0 Å². The molecule has 0 aliphatic rings. The SMILES string of the molecule is C[Si](C)(C)O[Si](C)(C)O[Si](C)(COCC(O)CO)O[Si](C)(C)C. The van der Waals surface area contributed by atoms with E-state index in [9.17, 15) is 5.11 Å². The molecule has 0 heterocycles. The van der Waals surface area contributed by atoms with Crippen LogP contribution in [0.3, 0.4) is 0 Å². The smallest absolute Gasteiger partial charge is 0.342 e. The van der Waals surface area contributed by atoms with Crippen molar-refractivity contribution >= 4 is 33.8 Å². The molecule has 0 rings (SSSR count). The first-order valence-electron chi connectivity index (χ1n) is 8.05. The second kappa shape index (κ2) is 8.83. The molecule has 0 amide bonds. The summed E-state index contributed by atoms with van der Waals surface area (Å²) in [5, 5.41) is 18.3. The second-order valence-corrected chi connectivity index (χ2v) is 24.7. The molecule has 0 aliphatic heterocycles. The van der Waals surface area contributed by atoms with Crippen LogP contribution < -0.4 is 0 Å². The average Bonchev–Trinajstić information content (AvgIpc) is 2.20. The standard InChI is InChI=1S/C13H36O6Si4/c1-20(2,3)17-22(7,8)19-23(9,18-21(4,5)6)12-16-11-13(15)10-14/h13-15H,10-12H2,1-9H3. The fraction of sp³-hybridized carbons (Fsp3) is 1.00. The molecule has 10 heteroatoms. The molecule has 0 aromatic rings. The maximum Gasteiger partial charge on any atom is 0.342 e. The first-order valence-corrected chi connectivity index (χ1v) is 20.2. The largest absolute Gasteiger partial charge is 0.437 e. The molecule has 2 N–H and O–H groups in total. The summed E-state index contributed by atoms with van der Waals surface area (Å²) in [5.74, 6) is 0. The van der Waals surface area contributed by atoms with E-state index in [1.807, 2.05) is 19.6 Å². The Kier molecular flexibility index (Phi) is 9.07. The van der Waals surface area contributed by atoms with Crippen LogP contribution in [0.2, 0.25) is 58.9 Å². The van der Waals surface area contributed by atoms with Crippen molar-refractivity contribution in [1.82, 2.24) is 0 Å². The Bertz CT molecular complexity index is 355. The average molecular weight is 401 g/mol. The van der Waals surface area contributed by atoms with Crippen molar-refractivity contribution in [3.8, 4) is 0 Å². The fourth-order valence-electron chi connectivity index (χ4n) is 2.44. The van der Waals surface area contributed by atoms with Gasteiger partial charge in [-0.3, -0.25) is 0 Å². The highest BCUT2D eigenvalue weighted by molar-refractivity contribution is 6.89. The molecule has 2 unspecified atom stereocenters. The van der Waals surface area contributed by atoms with Crippen LogP contribution in [0.1, 0.15) is 0 Å². The van der Waals surface area contributed by atoms with E-state index in [4.69, 9.17) is 22.2 Å². The fourth-order valence-corrected chi connectivity index (χ4v) is 19.7. The Morgan fingerprint density at radius 2 is 1.26 bits per heavy atom. The molecule has 0 aliphatic carbocycles. The van der Waals surface area contributed by atoms with Gasteiger partial charge in [-0.2, -0.15) is 0 Å². The summed E-state index contributed by atoms with van der Waals surface area (Å²) in [6.45, 7) is 18.7. The van der Waals surface area contributed by atoms with E-state index >= 15 is 0 Å². The van der Waals surface area contributed by atoms with Crippen molar-refractivity contribution in [1.29, 1.82) is 0 Å². The van der Waals surface area contributed by atoms with Crippen LogP contribution in [0.15, 0.2) is 0 Å². The predicted octanol–water partition coefficient (Wildman–Crippen LogP) is 2.39. The molecule has 140 valence electrons. The van der Waals surface area contributed by atoms with Crippen LogP contribution >= 0.6 is 0 Å². The molecule has 0 saturated carbocycles. The lowest BCUT2D eigenvalue weighted by Gasteiger charge is -2.41. The second-order valence-electron chi connectivity index (χ2n) is 8.42. The van der Waals surface area contributed by atoms with Crippen LogP contribution in [-0.4, -0.2) is 69.5 Å². The van der Waals surface area contributed by atoms with Gasteiger partial charge < -0.3 is 27.3 Å². The zero-order valence-corrected chi connectivity index (χ0v) is 20.2. The van der Waals surface area contributed by atoms with Gasteiger partial charge in [0, 0.05) is 0 Å². The molecule has 0 spiro atoms. The van der Waals surface area contributed by atoms with Gasteiger partial charge in [-0.1, -0.05) is 0 Å². The van der Waals surface area contributed by atoms with Gasteiger partial charge in [0.05, 0.1) is 19.4 Å². The van der Waals surface area contributed by atoms with E-state index in [0.717, 1.165) is 0 Å². The topological polar surface area (TPSA) is 77.4 Å². The van der Waals surface area contributed by atoms with E-state index in [0.29, 0.717) is 6.23 Å². The lowest BCUT2D eigenvalue weighted by Crippen LogP contribution is -2.59. The van der Waals surface area contributed by atoms with E-state index in [-0.39, 0.29) is 13.2 Å². The summed E-state index contributed by atoms with van der Waals surface area (Å²) in [7, 11) is -8.44. The van der Waals surface area contributed by atoms with Gasteiger partial charge >= 0.3 is 17.1 Å². The zero-order valence-electron chi connectivity index (χ0n) is 16.2. The molecule has 23 heavy (non-hydrogen) atoms. The highest BCUT2D eigenvalue weighted by Gasteiger charge is 2.45. The summed E-state index contributed by atoms with van der Waals surface area (Å²) in [4.78, 5) is 0. The van der Waals surface area contributed by atoms with Gasteiger partial charge in [-0.15, -0.1) is 0 Å². The van der Waals surface area contributed by atoms with Gasteiger partial charge in [0.2, 0.25) is 0 Å². The third kappa shape index (κ3) is 12.6. The minimum atomic E-state index is -2.59. The number of rotatable bonds is 11. The Morgan fingerprint density at radius 1 is 0.783 bits per heavy atom. The molecule has 0 saturated heterocycles. The Morgan fingerprint density at radius 3 is 1.65 bits per heavy atom. The number of aliphatic hydroxyl groups is 2. The predicted molar refractivity (Wildman–Crippen MR) is 103 cm³/mol. The number of hydrogen-bond donors (Lipinski definition) is 2. The first kappa shape index (κ1) is 23.6. The van der Waals surface area contributed by atoms with Gasteiger partial charge in [0.1, 0.15) is 6.10 Å². The molecule has 2 atom stereocenters. The van der Waals surface area contributed by atoms with E-state index in [2.05, 4.69) is 39.3 Å². The maximum absolute atomic E-state index is 9.43. The van der Waals surface area contributed by atoms with E-state index in [1.54, 1.807) is 0 Å². The van der Waals surface area contributed by atoms with Gasteiger partial charge in [-0.25, -0.2) is 0 Å². The number of hydrogen-bond acceptors (Lipinski definition) is 6. The van der Waals surface area contributed by atoms with Crippen molar-refractivity contribution in [3.05, 3.63) is 0 Å². The van der Waals surface area contributed by atoms with Gasteiger partial charge in [0.25, 0.3) is 0 Å². The molecule has 0 bridgehead atoms. The summed E-state index contributed by atoms with van der Waals surface area (Å²) >= 11 is 0. The van der Waals surface area contributed by atoms with Gasteiger partial charge in [0.15, 0.2) is 16.6 Å². The quantitative estimate of drug-likeness (QED) is 0.519. The highest BCUT2D eigenvalue weighted by atomic mass is 28.5. The van der Waals surface area contributed by atoms with Crippen molar-refractivity contribution in [2.24, 2.45) is 0 Å². The normalized spacial score (nSPS) is 17.9. The lowest BCUT2D eigenvalue weighted by molar-refractivity contribution is 0.0134. The third-order valence-electron chi connectivity index (χ3n) is 2.42. The van der Waals surface area contributed by atoms with Crippen LogP contribution in [0.4, 0.5) is 0 Å². The number of aliphatic hydroxyl groups excluding tert-OH is 2. The summed E-state index contributed by atoms with van der Waals surface area (Å²) < 4.78 is 24.6.